The molecule has 0 saturated carbocycles. The van der Waals surface area contributed by atoms with Crippen LogP contribution >= 0.6 is 11.6 Å². The van der Waals surface area contributed by atoms with E-state index in [1.807, 2.05) is 38.4 Å². The first-order valence-corrected chi connectivity index (χ1v) is 9.24. The molecule has 6 nitrogen and oxygen atoms in total. The van der Waals surface area contributed by atoms with Crippen LogP contribution in [-0.2, 0) is 6.42 Å². The minimum Gasteiger partial charge on any atom is -0.352 e. The Morgan fingerprint density at radius 3 is 2.33 bits per heavy atom. The van der Waals surface area contributed by atoms with Crippen LogP contribution < -0.4 is 10.6 Å². The molecule has 0 radical (unpaired) electrons. The number of halogens is 1. The van der Waals surface area contributed by atoms with Gasteiger partial charge in [-0.1, -0.05) is 23.7 Å². The van der Waals surface area contributed by atoms with Crippen LogP contribution in [0.25, 0.3) is 0 Å². The second-order valence-electron chi connectivity index (χ2n) is 6.51. The van der Waals surface area contributed by atoms with Gasteiger partial charge in [-0.05, 0) is 57.2 Å². The first-order chi connectivity index (χ1) is 13.0. The van der Waals surface area contributed by atoms with Crippen LogP contribution in [-0.4, -0.2) is 55.4 Å². The Labute approximate surface area is 164 Å². The Balaban J connectivity index is 1.84. The number of benzene rings is 1. The fourth-order valence-corrected chi connectivity index (χ4v) is 2.72. The van der Waals surface area contributed by atoms with Gasteiger partial charge < -0.3 is 15.5 Å². The third-order valence-corrected chi connectivity index (χ3v) is 4.15. The summed E-state index contributed by atoms with van der Waals surface area (Å²) in [4.78, 5) is 30.6. The maximum atomic E-state index is 12.3. The highest BCUT2D eigenvalue weighted by Crippen LogP contribution is 2.11. The molecule has 0 aliphatic carbocycles. The molecule has 2 amide bonds. The summed E-state index contributed by atoms with van der Waals surface area (Å²) < 4.78 is 0. The van der Waals surface area contributed by atoms with Crippen molar-refractivity contribution in [2.45, 2.75) is 12.8 Å². The first-order valence-electron chi connectivity index (χ1n) is 8.86. The third kappa shape index (κ3) is 7.37. The molecule has 0 bridgehead atoms. The average molecular weight is 389 g/mol. The summed E-state index contributed by atoms with van der Waals surface area (Å²) in [6.45, 7) is 1.95. The van der Waals surface area contributed by atoms with Crippen LogP contribution in [0.1, 0.15) is 32.7 Å². The molecule has 1 aromatic carbocycles. The van der Waals surface area contributed by atoms with Gasteiger partial charge in [-0.15, -0.1) is 0 Å². The normalized spacial score (nSPS) is 10.7. The lowest BCUT2D eigenvalue weighted by molar-refractivity contribution is 0.0952. The van der Waals surface area contributed by atoms with Crippen LogP contribution in [0.15, 0.2) is 42.7 Å². The molecule has 0 atom stereocenters. The van der Waals surface area contributed by atoms with Crippen molar-refractivity contribution >= 4 is 23.4 Å². The molecular weight excluding hydrogens is 364 g/mol. The number of hydrogen-bond donors (Lipinski definition) is 2. The van der Waals surface area contributed by atoms with Crippen molar-refractivity contribution in [2.75, 3.05) is 33.7 Å². The van der Waals surface area contributed by atoms with Crippen LogP contribution in [0.2, 0.25) is 5.02 Å². The van der Waals surface area contributed by atoms with Gasteiger partial charge in [0.25, 0.3) is 11.8 Å². The SMILES string of the molecule is CN(C)CCCNC(=O)c1cncc(C(=O)NCCc2cccc(Cl)c2)c1. The van der Waals surface area contributed by atoms with Crippen molar-refractivity contribution < 1.29 is 9.59 Å². The summed E-state index contributed by atoms with van der Waals surface area (Å²) in [5, 5.41) is 6.35. The Morgan fingerprint density at radius 1 is 1.04 bits per heavy atom. The Morgan fingerprint density at radius 2 is 1.70 bits per heavy atom. The van der Waals surface area contributed by atoms with E-state index in [2.05, 4.69) is 20.5 Å². The van der Waals surface area contributed by atoms with E-state index < -0.39 is 0 Å². The van der Waals surface area contributed by atoms with Gasteiger partial charge in [0.1, 0.15) is 0 Å². The maximum Gasteiger partial charge on any atom is 0.252 e. The van der Waals surface area contributed by atoms with E-state index in [4.69, 9.17) is 11.6 Å². The quantitative estimate of drug-likeness (QED) is 0.647. The summed E-state index contributed by atoms with van der Waals surface area (Å²) in [5.74, 6) is -0.485. The molecule has 0 unspecified atom stereocenters. The van der Waals surface area contributed by atoms with Crippen molar-refractivity contribution in [1.82, 2.24) is 20.5 Å². The number of nitrogens with zero attached hydrogens (tertiary/aromatic N) is 2. The fraction of sp³-hybridized carbons (Fsp3) is 0.350. The smallest absolute Gasteiger partial charge is 0.252 e. The highest BCUT2D eigenvalue weighted by atomic mass is 35.5. The number of hydrogen-bond acceptors (Lipinski definition) is 4. The van der Waals surface area contributed by atoms with Gasteiger partial charge in [0, 0.05) is 30.5 Å². The van der Waals surface area contributed by atoms with E-state index >= 15 is 0 Å². The average Bonchev–Trinajstić information content (AvgIpc) is 2.65. The zero-order valence-corrected chi connectivity index (χ0v) is 16.4. The van der Waals surface area contributed by atoms with Gasteiger partial charge in [-0.25, -0.2) is 0 Å². The lowest BCUT2D eigenvalue weighted by Crippen LogP contribution is -2.28. The van der Waals surface area contributed by atoms with Gasteiger partial charge in [-0.2, -0.15) is 0 Å². The topological polar surface area (TPSA) is 74.3 Å². The lowest BCUT2D eigenvalue weighted by Gasteiger charge is -2.10. The summed E-state index contributed by atoms with van der Waals surface area (Å²) in [5.41, 5.74) is 1.79. The molecule has 0 saturated heterocycles. The van der Waals surface area contributed by atoms with E-state index in [-0.39, 0.29) is 11.8 Å². The molecule has 0 aliphatic heterocycles. The van der Waals surface area contributed by atoms with E-state index in [9.17, 15) is 9.59 Å². The van der Waals surface area contributed by atoms with E-state index in [0.717, 1.165) is 18.5 Å². The van der Waals surface area contributed by atoms with Crippen LogP contribution in [0.3, 0.4) is 0 Å². The zero-order chi connectivity index (χ0) is 19.6. The minimum atomic E-state index is -0.258. The van der Waals surface area contributed by atoms with Gasteiger partial charge in [-0.3, -0.25) is 14.6 Å². The van der Waals surface area contributed by atoms with Crippen LogP contribution in [0.5, 0.6) is 0 Å². The number of carbonyl (C=O) groups excluding carboxylic acids is 2. The molecule has 0 fully saturated rings. The second kappa shape index (κ2) is 10.6. The van der Waals surface area contributed by atoms with Gasteiger partial charge in [0.05, 0.1) is 11.1 Å². The van der Waals surface area contributed by atoms with E-state index in [1.54, 1.807) is 6.07 Å². The van der Waals surface area contributed by atoms with Gasteiger partial charge in [0.15, 0.2) is 0 Å². The van der Waals surface area contributed by atoms with Crippen molar-refractivity contribution in [2.24, 2.45) is 0 Å². The number of rotatable bonds is 9. The van der Waals surface area contributed by atoms with Gasteiger partial charge in [0.2, 0.25) is 0 Å². The predicted molar refractivity (Wildman–Crippen MR) is 107 cm³/mol. The molecule has 0 aliphatic rings. The fourth-order valence-electron chi connectivity index (χ4n) is 2.50. The molecule has 2 aromatic rings. The molecule has 7 heteroatoms. The minimum absolute atomic E-state index is 0.227. The largest absolute Gasteiger partial charge is 0.352 e. The number of nitrogens with one attached hydrogen (secondary N) is 2. The standard InChI is InChI=1S/C20H25ClN4O2/c1-25(2)10-4-8-23-19(26)16-12-17(14-22-13-16)20(27)24-9-7-15-5-3-6-18(21)11-15/h3,5-6,11-14H,4,7-10H2,1-2H3,(H,23,26)(H,24,27). The lowest BCUT2D eigenvalue weighted by atomic mass is 10.1. The maximum absolute atomic E-state index is 12.3. The Kier molecular flexibility index (Phi) is 8.23. The molecule has 1 heterocycles. The molecule has 1 aromatic heterocycles. The van der Waals surface area contributed by atoms with Gasteiger partial charge >= 0.3 is 0 Å². The molecule has 2 N–H and O–H groups in total. The number of aromatic nitrogens is 1. The number of pyridine rings is 1. The summed E-state index contributed by atoms with van der Waals surface area (Å²) in [6, 6.07) is 9.08. The second-order valence-corrected chi connectivity index (χ2v) is 6.95. The molecule has 144 valence electrons. The van der Waals surface area contributed by atoms with Crippen molar-refractivity contribution in [3.8, 4) is 0 Å². The Hall–Kier alpha value is -2.44. The number of amides is 2. The highest BCUT2D eigenvalue weighted by Gasteiger charge is 2.11. The molecule has 2 rings (SSSR count). The van der Waals surface area contributed by atoms with E-state index in [1.165, 1.54) is 12.4 Å². The first kappa shape index (κ1) is 20.9. The van der Waals surface area contributed by atoms with E-state index in [0.29, 0.717) is 35.7 Å². The molecule has 0 spiro atoms. The van der Waals surface area contributed by atoms with Crippen molar-refractivity contribution in [3.63, 3.8) is 0 Å². The monoisotopic (exact) mass is 388 g/mol. The van der Waals surface area contributed by atoms with Crippen molar-refractivity contribution in [1.29, 1.82) is 0 Å². The number of carbonyl (C=O) groups is 2. The van der Waals surface area contributed by atoms with Crippen LogP contribution in [0.4, 0.5) is 0 Å². The summed E-state index contributed by atoms with van der Waals surface area (Å²) in [7, 11) is 3.97. The third-order valence-electron chi connectivity index (χ3n) is 3.92. The summed E-state index contributed by atoms with van der Waals surface area (Å²) >= 11 is 5.95. The zero-order valence-electron chi connectivity index (χ0n) is 15.7. The summed E-state index contributed by atoms with van der Waals surface area (Å²) in [6.07, 6.45) is 4.45. The highest BCUT2D eigenvalue weighted by molar-refractivity contribution is 6.30. The predicted octanol–water partition coefficient (Wildman–Crippen LogP) is 2.39. The Bertz CT molecular complexity index is 780. The van der Waals surface area contributed by atoms with Crippen molar-refractivity contribution in [3.05, 3.63) is 64.4 Å². The van der Waals surface area contributed by atoms with Crippen LogP contribution in [0, 0.1) is 0 Å². The molecule has 27 heavy (non-hydrogen) atoms. The molecular formula is C20H25ClN4O2.